The number of benzene rings is 3. The predicted molar refractivity (Wildman–Crippen MR) is 140 cm³/mol. The number of carbonyl (C=O) groups is 2. The first-order valence-electron chi connectivity index (χ1n) is 12.0. The Bertz CT molecular complexity index is 1580. The molecule has 0 radical (unpaired) electrons. The molecule has 0 bridgehead atoms. The van der Waals surface area contributed by atoms with Gasteiger partial charge < -0.3 is 19.6 Å². The summed E-state index contributed by atoms with van der Waals surface area (Å²) in [5.74, 6) is -1.47. The summed E-state index contributed by atoms with van der Waals surface area (Å²) in [4.78, 5) is 29.1. The Morgan fingerprint density at radius 1 is 0.895 bits per heavy atom. The first-order chi connectivity index (χ1) is 18.5. The van der Waals surface area contributed by atoms with Crippen molar-refractivity contribution in [2.24, 2.45) is 0 Å². The van der Waals surface area contributed by atoms with E-state index in [1.165, 1.54) is 12.3 Å². The molecule has 7 nitrogen and oxygen atoms in total. The number of halogens is 1. The lowest BCUT2D eigenvalue weighted by atomic mass is 10.1. The maximum Gasteiger partial charge on any atom is 0.326 e. The Kier molecular flexibility index (Phi) is 7.13. The molecule has 0 fully saturated rings. The van der Waals surface area contributed by atoms with Crippen LogP contribution in [0.15, 0.2) is 103 Å². The fraction of sp³-hybridized carbons (Fsp3) is 0.100. The van der Waals surface area contributed by atoms with E-state index in [9.17, 15) is 19.1 Å². The van der Waals surface area contributed by atoms with E-state index in [2.05, 4.69) is 10.3 Å². The van der Waals surface area contributed by atoms with Gasteiger partial charge in [0.05, 0.1) is 0 Å². The molecule has 0 spiro atoms. The number of nitrogens with one attached hydrogen (secondary N) is 1. The first kappa shape index (κ1) is 24.7. The molecule has 2 N–H and O–H groups in total. The van der Waals surface area contributed by atoms with Crippen LogP contribution in [0.5, 0.6) is 5.75 Å². The number of hydrogen-bond acceptors (Lipinski definition) is 4. The van der Waals surface area contributed by atoms with Crippen molar-refractivity contribution in [1.82, 2.24) is 14.7 Å². The van der Waals surface area contributed by atoms with E-state index in [-0.39, 0.29) is 17.9 Å². The minimum atomic E-state index is -1.16. The molecule has 1 atom stereocenters. The molecule has 190 valence electrons. The highest BCUT2D eigenvalue weighted by Crippen LogP contribution is 2.23. The van der Waals surface area contributed by atoms with Crippen LogP contribution in [0.25, 0.3) is 16.8 Å². The molecule has 1 amide bonds. The second-order valence-corrected chi connectivity index (χ2v) is 8.78. The summed E-state index contributed by atoms with van der Waals surface area (Å²) in [6, 6.07) is 25.5. The smallest absolute Gasteiger partial charge is 0.326 e. The van der Waals surface area contributed by atoms with Gasteiger partial charge in [0, 0.05) is 29.9 Å². The van der Waals surface area contributed by atoms with Crippen molar-refractivity contribution >= 4 is 17.5 Å². The molecule has 0 aliphatic carbocycles. The van der Waals surface area contributed by atoms with Gasteiger partial charge in [-0.05, 0) is 41.5 Å². The summed E-state index contributed by atoms with van der Waals surface area (Å²) in [7, 11) is 0. The van der Waals surface area contributed by atoms with Crippen molar-refractivity contribution in [2.75, 3.05) is 0 Å². The fourth-order valence-electron chi connectivity index (χ4n) is 4.09. The van der Waals surface area contributed by atoms with Crippen molar-refractivity contribution in [3.63, 3.8) is 0 Å². The zero-order chi connectivity index (χ0) is 26.5. The van der Waals surface area contributed by atoms with Crippen LogP contribution in [-0.4, -0.2) is 32.4 Å². The van der Waals surface area contributed by atoms with E-state index < -0.39 is 17.9 Å². The third-order valence-corrected chi connectivity index (χ3v) is 6.08. The highest BCUT2D eigenvalue weighted by molar-refractivity contribution is 5.95. The van der Waals surface area contributed by atoms with Crippen LogP contribution in [0.1, 0.15) is 21.6 Å². The number of fused-ring (bicyclic) bond motifs is 1. The Balaban J connectivity index is 1.25. The summed E-state index contributed by atoms with van der Waals surface area (Å²) >= 11 is 0. The van der Waals surface area contributed by atoms with Crippen LogP contribution in [0.2, 0.25) is 0 Å². The van der Waals surface area contributed by atoms with Crippen molar-refractivity contribution < 1.29 is 23.8 Å². The third kappa shape index (κ3) is 5.70. The Morgan fingerprint density at radius 3 is 2.37 bits per heavy atom. The zero-order valence-corrected chi connectivity index (χ0v) is 20.3. The standard InChI is InChI=1S/C30H24FN3O4/c31-25-9-5-4-8-24(25)22-12-15-28-32-27(18-34(28)17-22)29(35)33-26(30(36)37)16-20-10-13-23(14-11-20)38-19-21-6-2-1-3-7-21/h1-15,17-18,26H,16,19H2,(H,33,35)(H,36,37). The fourth-order valence-corrected chi connectivity index (χ4v) is 4.09. The van der Waals surface area contributed by atoms with Crippen LogP contribution in [0, 0.1) is 5.82 Å². The van der Waals surface area contributed by atoms with Gasteiger partial charge in [-0.2, -0.15) is 0 Å². The highest BCUT2D eigenvalue weighted by atomic mass is 19.1. The number of ether oxygens (including phenoxy) is 1. The molecule has 2 aromatic heterocycles. The monoisotopic (exact) mass is 509 g/mol. The van der Waals surface area contributed by atoms with E-state index in [0.717, 1.165) is 11.1 Å². The maximum absolute atomic E-state index is 14.2. The lowest BCUT2D eigenvalue weighted by molar-refractivity contribution is -0.139. The highest BCUT2D eigenvalue weighted by Gasteiger charge is 2.23. The van der Waals surface area contributed by atoms with Gasteiger partial charge in [-0.3, -0.25) is 4.79 Å². The molecule has 0 saturated carbocycles. The molecule has 5 aromatic rings. The van der Waals surface area contributed by atoms with Gasteiger partial charge in [0.15, 0.2) is 0 Å². The molecule has 0 saturated heterocycles. The summed E-state index contributed by atoms with van der Waals surface area (Å²) < 4.78 is 21.6. The Hall–Kier alpha value is -4.98. The summed E-state index contributed by atoms with van der Waals surface area (Å²) in [6.45, 7) is 0.425. The van der Waals surface area contributed by atoms with Gasteiger partial charge in [0.2, 0.25) is 0 Å². The number of aromatic nitrogens is 2. The molecule has 38 heavy (non-hydrogen) atoms. The molecule has 8 heteroatoms. The summed E-state index contributed by atoms with van der Waals surface area (Å²) in [5, 5.41) is 12.3. The van der Waals surface area contributed by atoms with Crippen LogP contribution >= 0.6 is 0 Å². The number of rotatable bonds is 9. The molecule has 2 heterocycles. The minimum absolute atomic E-state index is 0.0617. The number of nitrogens with zero attached hydrogens (tertiary/aromatic N) is 2. The lowest BCUT2D eigenvalue weighted by Crippen LogP contribution is -2.42. The van der Waals surface area contributed by atoms with E-state index in [4.69, 9.17) is 4.74 Å². The molecular formula is C30H24FN3O4. The van der Waals surface area contributed by atoms with Crippen molar-refractivity contribution in [1.29, 1.82) is 0 Å². The number of carboxylic acid groups (broad SMARTS) is 1. The van der Waals surface area contributed by atoms with Crippen molar-refractivity contribution in [3.05, 3.63) is 126 Å². The first-order valence-corrected chi connectivity index (χ1v) is 12.0. The van der Waals surface area contributed by atoms with E-state index in [0.29, 0.717) is 29.1 Å². The van der Waals surface area contributed by atoms with Gasteiger partial charge >= 0.3 is 5.97 Å². The number of carbonyl (C=O) groups excluding carboxylic acids is 1. The van der Waals surface area contributed by atoms with Gasteiger partial charge in [-0.25, -0.2) is 14.2 Å². The zero-order valence-electron chi connectivity index (χ0n) is 20.3. The van der Waals surface area contributed by atoms with E-state index >= 15 is 0 Å². The molecule has 5 rings (SSSR count). The maximum atomic E-state index is 14.2. The Labute approximate surface area is 218 Å². The second kappa shape index (κ2) is 11.0. The summed E-state index contributed by atoms with van der Waals surface area (Å²) in [6.07, 6.45) is 3.26. The third-order valence-electron chi connectivity index (χ3n) is 6.08. The number of amides is 1. The Morgan fingerprint density at radius 2 is 1.63 bits per heavy atom. The van der Waals surface area contributed by atoms with Crippen molar-refractivity contribution in [3.8, 4) is 16.9 Å². The molecule has 0 aliphatic rings. The number of carboxylic acids is 1. The lowest BCUT2D eigenvalue weighted by Gasteiger charge is -2.14. The number of aliphatic carboxylic acids is 1. The van der Waals surface area contributed by atoms with E-state index in [1.54, 1.807) is 65.2 Å². The molecule has 0 aliphatic heterocycles. The van der Waals surface area contributed by atoms with Crippen LogP contribution in [0.4, 0.5) is 4.39 Å². The van der Waals surface area contributed by atoms with Gasteiger partial charge in [0.1, 0.15) is 35.6 Å². The van der Waals surface area contributed by atoms with E-state index in [1.807, 2.05) is 30.3 Å². The number of imidazole rings is 1. The van der Waals surface area contributed by atoms with Gasteiger partial charge in [-0.15, -0.1) is 0 Å². The van der Waals surface area contributed by atoms with Gasteiger partial charge in [-0.1, -0.05) is 60.7 Å². The van der Waals surface area contributed by atoms with Crippen LogP contribution in [-0.2, 0) is 17.8 Å². The van der Waals surface area contributed by atoms with Gasteiger partial charge in [0.25, 0.3) is 5.91 Å². The van der Waals surface area contributed by atoms with Crippen molar-refractivity contribution in [2.45, 2.75) is 19.1 Å². The van der Waals surface area contributed by atoms with Crippen LogP contribution in [0.3, 0.4) is 0 Å². The topological polar surface area (TPSA) is 92.9 Å². The molecule has 3 aromatic carbocycles. The predicted octanol–water partition coefficient (Wildman–Crippen LogP) is 5.15. The summed E-state index contributed by atoms with van der Waals surface area (Å²) in [5.41, 5.74) is 3.37. The second-order valence-electron chi connectivity index (χ2n) is 8.78. The largest absolute Gasteiger partial charge is 0.489 e. The molecule has 1 unspecified atom stereocenters. The minimum Gasteiger partial charge on any atom is -0.489 e. The SMILES string of the molecule is O=C(NC(Cc1ccc(OCc2ccccc2)cc1)C(=O)O)c1cn2cc(-c3ccccc3F)ccc2n1. The average molecular weight is 510 g/mol. The van der Waals surface area contributed by atoms with Crippen LogP contribution < -0.4 is 10.1 Å². The number of pyridine rings is 1. The quantitative estimate of drug-likeness (QED) is 0.287. The molecular weight excluding hydrogens is 485 g/mol. The normalized spacial score (nSPS) is 11.7. The average Bonchev–Trinajstić information content (AvgIpc) is 3.37. The number of hydrogen-bond donors (Lipinski definition) is 2.